The van der Waals surface area contributed by atoms with Crippen molar-refractivity contribution in [3.05, 3.63) is 108 Å². The molecule has 3 rings (SSSR count). The average molecular weight is 335 g/mol. The van der Waals surface area contributed by atoms with E-state index in [4.69, 9.17) is 0 Å². The maximum absolute atomic E-state index is 12.7. The van der Waals surface area contributed by atoms with E-state index in [2.05, 4.69) is 11.6 Å². The van der Waals surface area contributed by atoms with Crippen LogP contribution in [-0.4, -0.2) is 6.21 Å². The van der Waals surface area contributed by atoms with Crippen LogP contribution in [0.1, 0.15) is 16.7 Å². The molecular weight excluding hydrogens is 316 g/mol. The van der Waals surface area contributed by atoms with E-state index in [9.17, 15) is 8.78 Å². The molecule has 0 saturated carbocycles. The van der Waals surface area contributed by atoms with Crippen LogP contribution in [0.5, 0.6) is 0 Å². The Morgan fingerprint density at radius 2 is 1.20 bits per heavy atom. The number of halogens is 2. The molecule has 0 atom stereocenters. The number of rotatable bonds is 3. The third-order valence-corrected chi connectivity index (χ3v) is 3.37. The number of hydrogen-bond donors (Lipinski definition) is 0. The summed E-state index contributed by atoms with van der Waals surface area (Å²) in [6, 6.07) is 20.3. The van der Waals surface area contributed by atoms with E-state index in [1.54, 1.807) is 36.6 Å². The summed E-state index contributed by atoms with van der Waals surface area (Å²) in [5.41, 5.74) is 3.90. The third-order valence-electron chi connectivity index (χ3n) is 3.37. The van der Waals surface area contributed by atoms with Crippen molar-refractivity contribution in [2.45, 2.75) is 6.92 Å². The molecule has 3 heteroatoms. The van der Waals surface area contributed by atoms with E-state index in [1.807, 2.05) is 31.2 Å². The first-order valence-corrected chi connectivity index (χ1v) is 7.81. The van der Waals surface area contributed by atoms with Crippen LogP contribution in [-0.2, 0) is 0 Å². The Hall–Kier alpha value is -3.07. The summed E-state index contributed by atoms with van der Waals surface area (Å²) in [4.78, 5) is 4.26. The highest BCUT2D eigenvalue weighted by atomic mass is 19.1. The maximum atomic E-state index is 12.7. The molecule has 0 bridgehead atoms. The topological polar surface area (TPSA) is 12.4 Å². The Balaban J connectivity index is 0.000000236. The van der Waals surface area contributed by atoms with E-state index < -0.39 is 0 Å². The third kappa shape index (κ3) is 6.51. The molecule has 0 aromatic heterocycles. The van der Waals surface area contributed by atoms with Crippen LogP contribution >= 0.6 is 0 Å². The summed E-state index contributed by atoms with van der Waals surface area (Å²) >= 11 is 0. The highest BCUT2D eigenvalue weighted by molar-refractivity contribution is 5.82. The van der Waals surface area contributed by atoms with Crippen molar-refractivity contribution in [3.63, 3.8) is 0 Å². The zero-order chi connectivity index (χ0) is 18.1. The Morgan fingerprint density at radius 1 is 0.720 bits per heavy atom. The van der Waals surface area contributed by atoms with Crippen LogP contribution in [0, 0.1) is 18.6 Å². The minimum absolute atomic E-state index is 0.171. The van der Waals surface area contributed by atoms with E-state index >= 15 is 0 Å². The molecule has 0 spiro atoms. The zero-order valence-corrected chi connectivity index (χ0v) is 14.0. The summed E-state index contributed by atoms with van der Waals surface area (Å²) < 4.78 is 24.8. The summed E-state index contributed by atoms with van der Waals surface area (Å²) in [5.74, 6) is -0.421. The molecule has 0 radical (unpaired) electrons. The lowest BCUT2D eigenvalue weighted by atomic mass is 10.1. The summed E-state index contributed by atoms with van der Waals surface area (Å²) in [7, 11) is 0. The molecule has 0 aliphatic rings. The molecular formula is C22H19F2N. The molecule has 0 heterocycles. The second-order valence-electron chi connectivity index (χ2n) is 5.40. The number of hydrogen-bond acceptors (Lipinski definition) is 1. The highest BCUT2D eigenvalue weighted by Gasteiger charge is 1.91. The van der Waals surface area contributed by atoms with Crippen molar-refractivity contribution in [1.29, 1.82) is 0 Å². The molecule has 0 saturated heterocycles. The van der Waals surface area contributed by atoms with Crippen LogP contribution in [0.15, 0.2) is 84.4 Å². The first kappa shape index (κ1) is 18.3. The summed E-state index contributed by atoms with van der Waals surface area (Å²) in [5, 5.41) is 0. The largest absolute Gasteiger partial charge is 0.256 e. The van der Waals surface area contributed by atoms with Gasteiger partial charge in [-0.05, 0) is 54.4 Å². The van der Waals surface area contributed by atoms with Gasteiger partial charge in [0.1, 0.15) is 11.6 Å². The zero-order valence-electron chi connectivity index (χ0n) is 14.0. The van der Waals surface area contributed by atoms with Gasteiger partial charge in [-0.3, -0.25) is 4.99 Å². The predicted molar refractivity (Wildman–Crippen MR) is 101 cm³/mol. The molecule has 0 N–H and O–H groups in total. The van der Waals surface area contributed by atoms with Gasteiger partial charge in [0.05, 0.1) is 5.69 Å². The number of aryl methyl sites for hydroxylation is 1. The van der Waals surface area contributed by atoms with Crippen molar-refractivity contribution in [3.8, 4) is 0 Å². The van der Waals surface area contributed by atoms with Gasteiger partial charge in [0, 0.05) is 6.21 Å². The molecule has 0 aliphatic heterocycles. The SMILES string of the molecule is C=Cc1ccc(C=Nc2ccc(F)cc2)cc1.Cc1ccc(F)cc1. The predicted octanol–water partition coefficient (Wildman–Crippen LogP) is 6.35. The van der Waals surface area contributed by atoms with Crippen LogP contribution in [0.3, 0.4) is 0 Å². The fraction of sp³-hybridized carbons (Fsp3) is 0.0455. The molecule has 3 aromatic carbocycles. The normalized spacial score (nSPS) is 10.2. The quantitative estimate of drug-likeness (QED) is 0.494. The summed E-state index contributed by atoms with van der Waals surface area (Å²) in [6.07, 6.45) is 3.54. The lowest BCUT2D eigenvalue weighted by molar-refractivity contribution is 0.627. The van der Waals surface area contributed by atoms with Crippen LogP contribution < -0.4 is 0 Å². The van der Waals surface area contributed by atoms with Gasteiger partial charge in [-0.25, -0.2) is 8.78 Å². The van der Waals surface area contributed by atoms with Crippen molar-refractivity contribution < 1.29 is 8.78 Å². The smallest absolute Gasteiger partial charge is 0.123 e. The van der Waals surface area contributed by atoms with Crippen molar-refractivity contribution in [2.24, 2.45) is 4.99 Å². The number of benzene rings is 3. The molecule has 0 unspecified atom stereocenters. The van der Waals surface area contributed by atoms with Crippen LogP contribution in [0.2, 0.25) is 0 Å². The van der Waals surface area contributed by atoms with E-state index in [0.717, 1.165) is 22.4 Å². The second-order valence-corrected chi connectivity index (χ2v) is 5.40. The van der Waals surface area contributed by atoms with Gasteiger partial charge in [0.2, 0.25) is 0 Å². The van der Waals surface area contributed by atoms with E-state index in [1.165, 1.54) is 24.3 Å². The Labute approximate surface area is 147 Å². The van der Waals surface area contributed by atoms with Gasteiger partial charge in [-0.1, -0.05) is 54.6 Å². The lowest BCUT2D eigenvalue weighted by Gasteiger charge is -1.96. The Bertz CT molecular complexity index is 796. The molecule has 0 amide bonds. The average Bonchev–Trinajstić information content (AvgIpc) is 2.65. The Morgan fingerprint density at radius 3 is 1.68 bits per heavy atom. The molecule has 126 valence electrons. The lowest BCUT2D eigenvalue weighted by Crippen LogP contribution is -1.80. The minimum Gasteiger partial charge on any atom is -0.256 e. The van der Waals surface area contributed by atoms with Gasteiger partial charge in [-0.15, -0.1) is 0 Å². The Kier molecular flexibility index (Phi) is 6.78. The fourth-order valence-electron chi connectivity index (χ4n) is 1.93. The van der Waals surface area contributed by atoms with Crippen molar-refractivity contribution in [2.75, 3.05) is 0 Å². The standard InChI is InChI=1S/C15H12FN.C7H7F/c1-2-12-3-5-13(6-4-12)11-17-15-9-7-14(16)8-10-15;1-6-2-4-7(8)5-3-6/h2-11H,1H2;2-5H,1H3. The minimum atomic E-state index is -0.251. The molecule has 1 nitrogen and oxygen atoms in total. The first-order chi connectivity index (χ1) is 12.1. The molecule has 0 fully saturated rings. The van der Waals surface area contributed by atoms with Gasteiger partial charge >= 0.3 is 0 Å². The summed E-state index contributed by atoms with van der Waals surface area (Å²) in [6.45, 7) is 5.62. The first-order valence-electron chi connectivity index (χ1n) is 7.81. The second kappa shape index (κ2) is 9.28. The van der Waals surface area contributed by atoms with E-state index in [-0.39, 0.29) is 11.6 Å². The van der Waals surface area contributed by atoms with E-state index in [0.29, 0.717) is 0 Å². The fourth-order valence-corrected chi connectivity index (χ4v) is 1.93. The highest BCUT2D eigenvalue weighted by Crippen LogP contribution is 2.12. The van der Waals surface area contributed by atoms with Crippen molar-refractivity contribution in [1.82, 2.24) is 0 Å². The van der Waals surface area contributed by atoms with Crippen LogP contribution in [0.25, 0.3) is 6.08 Å². The van der Waals surface area contributed by atoms with Gasteiger partial charge in [0.15, 0.2) is 0 Å². The van der Waals surface area contributed by atoms with Gasteiger partial charge in [0.25, 0.3) is 0 Å². The monoisotopic (exact) mass is 335 g/mol. The molecule has 0 aliphatic carbocycles. The van der Waals surface area contributed by atoms with Crippen LogP contribution in [0.4, 0.5) is 14.5 Å². The maximum Gasteiger partial charge on any atom is 0.123 e. The van der Waals surface area contributed by atoms with Crippen molar-refractivity contribution >= 4 is 18.0 Å². The molecule has 3 aromatic rings. The van der Waals surface area contributed by atoms with Gasteiger partial charge < -0.3 is 0 Å². The van der Waals surface area contributed by atoms with Gasteiger partial charge in [-0.2, -0.15) is 0 Å². The number of aliphatic imine (C=N–C) groups is 1. The molecule has 25 heavy (non-hydrogen) atoms. The number of nitrogens with zero attached hydrogens (tertiary/aromatic N) is 1.